The van der Waals surface area contributed by atoms with Gasteiger partial charge in [-0.25, -0.2) is 0 Å². The lowest BCUT2D eigenvalue weighted by Crippen LogP contribution is -2.29. The molecule has 0 bridgehead atoms. The van der Waals surface area contributed by atoms with Gasteiger partial charge in [0.05, 0.1) is 0 Å². The van der Waals surface area contributed by atoms with Crippen LogP contribution in [-0.4, -0.2) is 18.5 Å². The van der Waals surface area contributed by atoms with Crippen molar-refractivity contribution in [1.29, 1.82) is 0 Å². The molecule has 0 radical (unpaired) electrons. The molecule has 0 spiro atoms. The van der Waals surface area contributed by atoms with Crippen molar-refractivity contribution in [2.75, 3.05) is 6.54 Å². The van der Waals surface area contributed by atoms with E-state index in [1.54, 1.807) is 0 Å². The first kappa shape index (κ1) is 9.99. The second-order valence-corrected chi connectivity index (χ2v) is 2.48. The molecule has 0 heterocycles. The zero-order chi connectivity index (χ0) is 8.69. The Morgan fingerprint density at radius 3 is 2.91 bits per heavy atom. The van der Waals surface area contributed by atoms with E-state index in [0.717, 1.165) is 0 Å². The molecule has 0 aromatic heterocycles. The third-order valence-electron chi connectivity index (χ3n) is 1.29. The zero-order valence-electron chi connectivity index (χ0n) is 6.76. The summed E-state index contributed by atoms with van der Waals surface area (Å²) in [6, 6.07) is 0.263. The largest absolute Gasteiger partial charge is 0.370 e. The molecule has 3 nitrogen and oxygen atoms in total. The number of rotatable bonds is 5. The third kappa shape index (κ3) is 6.88. The van der Waals surface area contributed by atoms with Crippen LogP contribution in [0.1, 0.15) is 19.8 Å². The molecule has 0 aliphatic rings. The average Bonchev–Trinajstić information content (AvgIpc) is 1.87. The summed E-state index contributed by atoms with van der Waals surface area (Å²) in [4.78, 5) is 10.3. The van der Waals surface area contributed by atoms with Crippen LogP contribution in [0.2, 0.25) is 0 Å². The van der Waals surface area contributed by atoms with Gasteiger partial charge in [-0.05, 0) is 6.92 Å². The van der Waals surface area contributed by atoms with Crippen molar-refractivity contribution in [2.45, 2.75) is 25.8 Å². The lowest BCUT2D eigenvalue weighted by Gasteiger charge is -2.08. The molecule has 0 aliphatic carbocycles. The molecule has 0 saturated heterocycles. The lowest BCUT2D eigenvalue weighted by molar-refractivity contribution is -0.117. The summed E-state index contributed by atoms with van der Waals surface area (Å²) in [6.07, 6.45) is 6.13. The normalized spacial score (nSPS) is 12.0. The molecule has 0 fully saturated rings. The van der Waals surface area contributed by atoms with E-state index in [-0.39, 0.29) is 11.9 Å². The van der Waals surface area contributed by atoms with Gasteiger partial charge >= 0.3 is 0 Å². The smallest absolute Gasteiger partial charge is 0.218 e. The Labute approximate surface area is 67.3 Å². The van der Waals surface area contributed by atoms with Gasteiger partial charge in [0, 0.05) is 25.4 Å². The van der Waals surface area contributed by atoms with Gasteiger partial charge in [-0.3, -0.25) is 4.79 Å². The van der Waals surface area contributed by atoms with Crippen LogP contribution in [0.5, 0.6) is 0 Å². The first-order valence-corrected chi connectivity index (χ1v) is 3.62. The number of hydrogen-bond acceptors (Lipinski definition) is 2. The van der Waals surface area contributed by atoms with Gasteiger partial charge in [0.2, 0.25) is 5.91 Å². The van der Waals surface area contributed by atoms with E-state index in [1.165, 1.54) is 0 Å². The topological polar surface area (TPSA) is 55.1 Å². The number of primary amides is 1. The van der Waals surface area contributed by atoms with Crippen LogP contribution in [0, 0.1) is 12.3 Å². The standard InChI is InChI=1S/C8H14N2O/c1-3-4-7(2)10-6-5-8(9)11/h1,7,10H,4-6H2,2H3,(H2,9,11). The van der Waals surface area contributed by atoms with Crippen molar-refractivity contribution in [1.82, 2.24) is 5.32 Å². The summed E-state index contributed by atoms with van der Waals surface area (Å²) in [5.74, 6) is 2.24. The van der Waals surface area contributed by atoms with Crippen molar-refractivity contribution >= 4 is 5.91 Å². The molecule has 3 heteroatoms. The summed E-state index contributed by atoms with van der Waals surface area (Å²) < 4.78 is 0. The van der Waals surface area contributed by atoms with Crippen molar-refractivity contribution in [3.63, 3.8) is 0 Å². The molecule has 3 N–H and O–H groups in total. The van der Waals surface area contributed by atoms with Gasteiger partial charge in [-0.1, -0.05) is 0 Å². The van der Waals surface area contributed by atoms with Gasteiger partial charge < -0.3 is 11.1 Å². The fourth-order valence-corrected chi connectivity index (χ4v) is 0.691. The number of carbonyl (C=O) groups is 1. The highest BCUT2D eigenvalue weighted by Gasteiger charge is 1.98. The first-order valence-electron chi connectivity index (χ1n) is 3.62. The van der Waals surface area contributed by atoms with Crippen LogP contribution in [0.15, 0.2) is 0 Å². The van der Waals surface area contributed by atoms with Gasteiger partial charge in [-0.15, -0.1) is 12.3 Å². The molecule has 0 aromatic rings. The fraction of sp³-hybridized carbons (Fsp3) is 0.625. The predicted molar refractivity (Wildman–Crippen MR) is 44.7 cm³/mol. The van der Waals surface area contributed by atoms with Gasteiger partial charge in [-0.2, -0.15) is 0 Å². The minimum absolute atomic E-state index is 0.263. The van der Waals surface area contributed by atoms with Crippen LogP contribution in [0.25, 0.3) is 0 Å². The molecule has 62 valence electrons. The van der Waals surface area contributed by atoms with Crippen molar-refractivity contribution in [2.24, 2.45) is 5.73 Å². The van der Waals surface area contributed by atoms with Crippen LogP contribution in [-0.2, 0) is 4.79 Å². The third-order valence-corrected chi connectivity index (χ3v) is 1.29. The van der Waals surface area contributed by atoms with Crippen molar-refractivity contribution < 1.29 is 4.79 Å². The molecule has 0 rings (SSSR count). The van der Waals surface area contributed by atoms with Gasteiger partial charge in [0.25, 0.3) is 0 Å². The van der Waals surface area contributed by atoms with Crippen LogP contribution in [0.4, 0.5) is 0 Å². The molecule has 11 heavy (non-hydrogen) atoms. The minimum atomic E-state index is -0.287. The Kier molecular flexibility index (Phi) is 5.22. The maximum absolute atomic E-state index is 10.3. The van der Waals surface area contributed by atoms with E-state index in [1.807, 2.05) is 6.92 Å². The maximum atomic E-state index is 10.3. The molecule has 0 aromatic carbocycles. The van der Waals surface area contributed by atoms with Gasteiger partial charge in [0.1, 0.15) is 0 Å². The molecule has 1 unspecified atom stereocenters. The summed E-state index contributed by atoms with van der Waals surface area (Å²) in [5, 5.41) is 3.07. The Hall–Kier alpha value is -1.01. The quantitative estimate of drug-likeness (QED) is 0.542. The SMILES string of the molecule is C#CCC(C)NCCC(N)=O. The van der Waals surface area contributed by atoms with E-state index >= 15 is 0 Å². The number of hydrogen-bond donors (Lipinski definition) is 2. The van der Waals surface area contributed by atoms with Crippen molar-refractivity contribution in [3.05, 3.63) is 0 Å². The molecule has 0 aliphatic heterocycles. The Morgan fingerprint density at radius 2 is 2.45 bits per heavy atom. The summed E-state index contributed by atoms with van der Waals surface area (Å²) in [6.45, 7) is 2.58. The number of carbonyl (C=O) groups excluding carboxylic acids is 1. The first-order chi connectivity index (χ1) is 5.16. The minimum Gasteiger partial charge on any atom is -0.370 e. The van der Waals surface area contributed by atoms with Gasteiger partial charge in [0.15, 0.2) is 0 Å². The van der Waals surface area contributed by atoms with E-state index in [4.69, 9.17) is 12.2 Å². The number of nitrogens with one attached hydrogen (secondary N) is 1. The predicted octanol–water partition coefficient (Wildman–Crippen LogP) is -0.137. The number of nitrogens with two attached hydrogens (primary N) is 1. The average molecular weight is 154 g/mol. The van der Waals surface area contributed by atoms with Crippen molar-refractivity contribution in [3.8, 4) is 12.3 Å². The monoisotopic (exact) mass is 154 g/mol. The highest BCUT2D eigenvalue weighted by atomic mass is 16.1. The summed E-state index contributed by atoms with van der Waals surface area (Å²) >= 11 is 0. The fourth-order valence-electron chi connectivity index (χ4n) is 0.691. The molecular weight excluding hydrogens is 140 g/mol. The molecule has 0 saturated carbocycles. The highest BCUT2D eigenvalue weighted by Crippen LogP contribution is 1.87. The number of terminal acetylenes is 1. The van der Waals surface area contributed by atoms with Crippen LogP contribution >= 0.6 is 0 Å². The molecular formula is C8H14N2O. The summed E-state index contributed by atoms with van der Waals surface area (Å²) in [5.41, 5.74) is 4.93. The van der Waals surface area contributed by atoms with E-state index < -0.39 is 0 Å². The van der Waals surface area contributed by atoms with Crippen LogP contribution in [0.3, 0.4) is 0 Å². The second-order valence-electron chi connectivity index (χ2n) is 2.48. The van der Waals surface area contributed by atoms with Crippen LogP contribution < -0.4 is 11.1 Å². The van der Waals surface area contributed by atoms with E-state index in [2.05, 4.69) is 11.2 Å². The number of amides is 1. The Balaban J connectivity index is 3.25. The Bertz CT molecular complexity index is 160. The Morgan fingerprint density at radius 1 is 1.82 bits per heavy atom. The second kappa shape index (κ2) is 5.75. The van der Waals surface area contributed by atoms with E-state index in [0.29, 0.717) is 19.4 Å². The molecule has 1 amide bonds. The summed E-state index contributed by atoms with van der Waals surface area (Å²) in [7, 11) is 0. The zero-order valence-corrected chi connectivity index (χ0v) is 6.76. The lowest BCUT2D eigenvalue weighted by atomic mass is 10.2. The highest BCUT2D eigenvalue weighted by molar-refractivity contribution is 5.73. The van der Waals surface area contributed by atoms with E-state index in [9.17, 15) is 4.79 Å². The molecule has 1 atom stereocenters. The maximum Gasteiger partial charge on any atom is 0.218 e.